The smallest absolute Gasteiger partial charge is 0.410 e. The van der Waals surface area contributed by atoms with Crippen molar-refractivity contribution in [1.82, 2.24) is 9.80 Å². The average molecular weight is 543 g/mol. The van der Waals surface area contributed by atoms with Gasteiger partial charge in [0.15, 0.2) is 5.60 Å². The predicted molar refractivity (Wildman–Crippen MR) is 142 cm³/mol. The molecule has 5 nitrogen and oxygen atoms in total. The van der Waals surface area contributed by atoms with Gasteiger partial charge in [0.05, 0.1) is 0 Å². The van der Waals surface area contributed by atoms with Crippen molar-refractivity contribution in [2.24, 2.45) is 5.92 Å². The third-order valence-electron chi connectivity index (χ3n) is 9.85. The number of aliphatic hydroxyl groups is 1. The fourth-order valence-corrected chi connectivity index (χ4v) is 7.56. The van der Waals surface area contributed by atoms with Gasteiger partial charge in [-0.2, -0.15) is 13.2 Å². The Bertz CT molecular complexity index is 1190. The molecule has 1 N–H and O–H groups in total. The van der Waals surface area contributed by atoms with Gasteiger partial charge in [0.2, 0.25) is 0 Å². The zero-order valence-electron chi connectivity index (χ0n) is 22.3. The number of aryl methyl sites for hydroxylation is 1. The molecule has 210 valence electrons. The molecule has 0 radical (unpaired) electrons. The lowest BCUT2D eigenvalue weighted by atomic mass is 9.52. The van der Waals surface area contributed by atoms with E-state index in [1.165, 1.54) is 19.3 Å². The maximum absolute atomic E-state index is 13.8. The van der Waals surface area contributed by atoms with Crippen LogP contribution in [0.5, 0.6) is 5.75 Å². The van der Waals surface area contributed by atoms with Crippen LogP contribution in [0.3, 0.4) is 0 Å². The Labute approximate surface area is 227 Å². The number of hydrogen-bond acceptors (Lipinski definition) is 4. The number of ether oxygens (including phenoxy) is 1. The number of halogens is 3. The summed E-state index contributed by atoms with van der Waals surface area (Å²) in [7, 11) is 0. The van der Waals surface area contributed by atoms with Crippen molar-refractivity contribution < 1.29 is 27.8 Å². The van der Waals surface area contributed by atoms with E-state index >= 15 is 0 Å². The minimum atomic E-state index is -4.64. The lowest BCUT2D eigenvalue weighted by Crippen LogP contribution is -2.62. The van der Waals surface area contributed by atoms with Crippen LogP contribution in [-0.2, 0) is 18.3 Å². The van der Waals surface area contributed by atoms with Crippen LogP contribution in [-0.4, -0.2) is 65.0 Å². The first kappa shape index (κ1) is 26.6. The highest BCUT2D eigenvalue weighted by Gasteiger charge is 2.61. The number of alkyl halides is 3. The number of carbonyl (C=O) groups is 1. The molecule has 39 heavy (non-hydrogen) atoms. The summed E-state index contributed by atoms with van der Waals surface area (Å²) in [6, 6.07) is 15.9. The molecule has 4 aliphatic rings. The number of amides is 1. The topological polar surface area (TPSA) is 53.0 Å². The van der Waals surface area contributed by atoms with E-state index in [0.29, 0.717) is 44.1 Å². The van der Waals surface area contributed by atoms with Crippen LogP contribution in [0.4, 0.5) is 18.0 Å². The van der Waals surface area contributed by atoms with Crippen molar-refractivity contribution in [2.75, 3.05) is 26.2 Å². The molecule has 2 aliphatic carbocycles. The molecule has 3 fully saturated rings. The lowest BCUT2D eigenvalue weighted by molar-refractivity contribution is -0.279. The summed E-state index contributed by atoms with van der Waals surface area (Å²) in [6.07, 6.45) is 0.147. The highest BCUT2D eigenvalue weighted by atomic mass is 19.4. The van der Waals surface area contributed by atoms with E-state index in [9.17, 15) is 23.1 Å². The van der Waals surface area contributed by atoms with Crippen LogP contribution in [0.25, 0.3) is 0 Å². The van der Waals surface area contributed by atoms with E-state index in [1.54, 1.807) is 11.0 Å². The number of carbonyl (C=O) groups excluding carboxylic acids is 1. The van der Waals surface area contributed by atoms with Crippen molar-refractivity contribution in [3.63, 3.8) is 0 Å². The third kappa shape index (κ3) is 4.95. The summed E-state index contributed by atoms with van der Waals surface area (Å²) in [5.41, 5.74) is -0.0211. The van der Waals surface area contributed by atoms with Gasteiger partial charge >= 0.3 is 12.3 Å². The first-order valence-corrected chi connectivity index (χ1v) is 14.3. The number of fused-ring (bicyclic) bond motifs is 3. The highest BCUT2D eigenvalue weighted by molar-refractivity contribution is 5.72. The van der Waals surface area contributed by atoms with Gasteiger partial charge in [-0.15, -0.1) is 0 Å². The second kappa shape index (κ2) is 10.1. The SMILES string of the molecule is O=C(Oc1ccc2c(c1)CC[C@@H]1C[C@@](O)(C(F)(F)F)CC[C@@]21Cc1ccccc1)N1CC(N2CCCCC2)C1. The quantitative estimate of drug-likeness (QED) is 0.525. The summed E-state index contributed by atoms with van der Waals surface area (Å²) in [5, 5.41) is 10.6. The van der Waals surface area contributed by atoms with Gasteiger partial charge in [0.1, 0.15) is 5.75 Å². The predicted octanol–water partition coefficient (Wildman–Crippen LogP) is 5.88. The maximum Gasteiger partial charge on any atom is 0.417 e. The number of piperidine rings is 1. The largest absolute Gasteiger partial charge is 0.417 e. The normalized spacial score (nSPS) is 29.7. The van der Waals surface area contributed by atoms with Crippen LogP contribution < -0.4 is 4.74 Å². The summed E-state index contributed by atoms with van der Waals surface area (Å²) in [4.78, 5) is 17.1. The molecule has 2 heterocycles. The van der Waals surface area contributed by atoms with E-state index in [-0.39, 0.29) is 31.3 Å². The van der Waals surface area contributed by atoms with E-state index in [2.05, 4.69) is 4.90 Å². The first-order valence-electron chi connectivity index (χ1n) is 14.3. The minimum Gasteiger partial charge on any atom is -0.410 e. The fraction of sp³-hybridized carbons (Fsp3) is 0.581. The van der Waals surface area contributed by atoms with Crippen LogP contribution >= 0.6 is 0 Å². The van der Waals surface area contributed by atoms with Crippen molar-refractivity contribution >= 4 is 6.09 Å². The van der Waals surface area contributed by atoms with Gasteiger partial charge < -0.3 is 14.7 Å². The second-order valence-corrected chi connectivity index (χ2v) is 12.1. The molecule has 3 atom stereocenters. The summed E-state index contributed by atoms with van der Waals surface area (Å²) < 4.78 is 47.3. The number of rotatable bonds is 4. The molecule has 1 saturated carbocycles. The number of benzene rings is 2. The Morgan fingerprint density at radius 1 is 1.03 bits per heavy atom. The van der Waals surface area contributed by atoms with Crippen LogP contribution in [0, 0.1) is 5.92 Å². The maximum atomic E-state index is 13.8. The molecular formula is C31H37F3N2O3. The molecule has 6 rings (SSSR count). The van der Waals surface area contributed by atoms with Gasteiger partial charge in [-0.25, -0.2) is 4.79 Å². The lowest BCUT2D eigenvalue weighted by Gasteiger charge is -2.53. The summed E-state index contributed by atoms with van der Waals surface area (Å²) in [5.74, 6) is 0.183. The minimum absolute atomic E-state index is 0.250. The standard InChI is InChI=1S/C31H37F3N2O3/c32-31(33,34)30(38)14-13-29(18-22-7-3-1-4-8-22)24(19-30)10-9-23-17-26(11-12-27(23)29)39-28(37)36-20-25(21-36)35-15-5-2-6-16-35/h1,3-4,7-8,11-12,17,24-25,38H,2,5-6,9-10,13-16,18-21H2/t24-,29+,30-/m1/s1. The van der Waals surface area contributed by atoms with Crippen molar-refractivity contribution in [2.45, 2.75) is 81.0 Å². The molecule has 0 aromatic heterocycles. The van der Waals surface area contributed by atoms with E-state index in [4.69, 9.17) is 4.74 Å². The Balaban J connectivity index is 1.21. The van der Waals surface area contributed by atoms with E-state index < -0.39 is 17.2 Å². The molecule has 0 spiro atoms. The number of likely N-dealkylation sites (tertiary alicyclic amines) is 2. The van der Waals surface area contributed by atoms with Crippen LogP contribution in [0.2, 0.25) is 0 Å². The van der Waals surface area contributed by atoms with Gasteiger partial charge in [-0.1, -0.05) is 42.8 Å². The van der Waals surface area contributed by atoms with Crippen molar-refractivity contribution in [1.29, 1.82) is 0 Å². The number of nitrogens with zero attached hydrogens (tertiary/aromatic N) is 2. The highest BCUT2D eigenvalue weighted by Crippen LogP contribution is 2.57. The van der Waals surface area contributed by atoms with Crippen molar-refractivity contribution in [3.8, 4) is 5.75 Å². The van der Waals surface area contributed by atoms with Crippen LogP contribution in [0.1, 0.15) is 61.6 Å². The Morgan fingerprint density at radius 3 is 2.49 bits per heavy atom. The molecule has 2 aromatic rings. The molecular weight excluding hydrogens is 505 g/mol. The molecule has 2 saturated heterocycles. The molecule has 1 amide bonds. The van der Waals surface area contributed by atoms with Gasteiger partial charge in [-0.05, 0) is 99.2 Å². The Hall–Kier alpha value is -2.58. The third-order valence-corrected chi connectivity index (χ3v) is 9.85. The second-order valence-electron chi connectivity index (χ2n) is 12.1. The van der Waals surface area contributed by atoms with Gasteiger partial charge in [-0.3, -0.25) is 4.90 Å². The Kier molecular flexibility index (Phi) is 6.91. The molecule has 2 aliphatic heterocycles. The van der Waals surface area contributed by atoms with E-state index in [1.807, 2.05) is 42.5 Å². The zero-order valence-corrected chi connectivity index (χ0v) is 22.3. The summed E-state index contributed by atoms with van der Waals surface area (Å²) >= 11 is 0. The summed E-state index contributed by atoms with van der Waals surface area (Å²) in [6.45, 7) is 3.58. The fourth-order valence-electron chi connectivity index (χ4n) is 7.56. The molecule has 8 heteroatoms. The van der Waals surface area contributed by atoms with Gasteiger partial charge in [0, 0.05) is 24.5 Å². The zero-order chi connectivity index (χ0) is 27.3. The monoisotopic (exact) mass is 542 g/mol. The molecule has 0 bridgehead atoms. The Morgan fingerprint density at radius 2 is 1.77 bits per heavy atom. The van der Waals surface area contributed by atoms with E-state index in [0.717, 1.165) is 29.8 Å². The van der Waals surface area contributed by atoms with Gasteiger partial charge in [0.25, 0.3) is 0 Å². The first-order chi connectivity index (χ1) is 18.7. The van der Waals surface area contributed by atoms with Crippen LogP contribution in [0.15, 0.2) is 48.5 Å². The molecule has 0 unspecified atom stereocenters. The van der Waals surface area contributed by atoms with Crippen molar-refractivity contribution in [3.05, 3.63) is 65.2 Å². The number of hydrogen-bond donors (Lipinski definition) is 1. The average Bonchev–Trinajstić information content (AvgIpc) is 2.89. The molecule has 2 aromatic carbocycles.